The Morgan fingerprint density at radius 3 is 2.96 bits per heavy atom. The molecule has 142 valence electrons. The Morgan fingerprint density at radius 2 is 2.19 bits per heavy atom. The second-order valence-electron chi connectivity index (χ2n) is 8.35. The number of imidazole rings is 2. The van der Waals surface area contributed by atoms with E-state index in [1.165, 1.54) is 0 Å². The van der Waals surface area contributed by atoms with E-state index in [2.05, 4.69) is 51.7 Å². The van der Waals surface area contributed by atoms with E-state index >= 15 is 0 Å². The Bertz CT molecular complexity index is 984. The van der Waals surface area contributed by atoms with Crippen LogP contribution in [0.15, 0.2) is 29.0 Å². The minimum Gasteiger partial charge on any atom is -0.348 e. The molecule has 6 nitrogen and oxygen atoms in total. The van der Waals surface area contributed by atoms with Crippen molar-refractivity contribution in [1.29, 1.82) is 0 Å². The monoisotopic (exact) mass is 429 g/mol. The average Bonchev–Trinajstić information content (AvgIpc) is 3.23. The highest BCUT2D eigenvalue weighted by atomic mass is 79.9. The van der Waals surface area contributed by atoms with Crippen LogP contribution in [0.3, 0.4) is 0 Å². The second kappa shape index (κ2) is 6.78. The van der Waals surface area contributed by atoms with E-state index in [9.17, 15) is 4.79 Å². The van der Waals surface area contributed by atoms with Gasteiger partial charge in [-0.15, -0.1) is 0 Å². The standard InChI is InChI=1S/C20H24BrN5O/c1-20(2,3)8-6-16(27)26-9-7-14-17(23-11-22-14)18(26)19-24-13-5-4-12(21)10-15(13)25-19/h4-5,10-11,18H,6-9H2,1-3H3,(H,22,23)(H,24,25)/t18-/m0/s1. The van der Waals surface area contributed by atoms with Gasteiger partial charge in [-0.3, -0.25) is 4.79 Å². The number of nitrogens with zero attached hydrogens (tertiary/aromatic N) is 3. The van der Waals surface area contributed by atoms with Gasteiger partial charge in [0, 0.05) is 29.6 Å². The van der Waals surface area contributed by atoms with Crippen molar-refractivity contribution in [2.24, 2.45) is 5.41 Å². The molecule has 3 heterocycles. The summed E-state index contributed by atoms with van der Waals surface area (Å²) in [6, 6.07) is 5.67. The van der Waals surface area contributed by atoms with E-state index in [1.54, 1.807) is 6.33 Å². The molecule has 0 spiro atoms. The summed E-state index contributed by atoms with van der Waals surface area (Å²) in [5.74, 6) is 0.922. The van der Waals surface area contributed by atoms with E-state index in [0.717, 1.165) is 45.6 Å². The molecule has 1 atom stereocenters. The van der Waals surface area contributed by atoms with Gasteiger partial charge >= 0.3 is 0 Å². The first-order valence-corrected chi connectivity index (χ1v) is 10.1. The van der Waals surface area contributed by atoms with Crippen molar-refractivity contribution in [3.63, 3.8) is 0 Å². The quantitative estimate of drug-likeness (QED) is 0.649. The fourth-order valence-corrected chi connectivity index (χ4v) is 3.94. The molecule has 2 N–H and O–H groups in total. The number of amides is 1. The van der Waals surface area contributed by atoms with Crippen molar-refractivity contribution in [2.45, 2.75) is 46.1 Å². The number of aromatic amines is 2. The van der Waals surface area contributed by atoms with Crippen LogP contribution in [-0.2, 0) is 11.2 Å². The average molecular weight is 430 g/mol. The zero-order chi connectivity index (χ0) is 19.2. The van der Waals surface area contributed by atoms with Gasteiger partial charge in [-0.25, -0.2) is 9.97 Å². The molecule has 1 aliphatic heterocycles. The number of rotatable bonds is 3. The highest BCUT2D eigenvalue weighted by Crippen LogP contribution is 2.34. The predicted molar refractivity (Wildman–Crippen MR) is 108 cm³/mol. The van der Waals surface area contributed by atoms with Crippen molar-refractivity contribution in [2.75, 3.05) is 6.54 Å². The Morgan fingerprint density at radius 1 is 1.37 bits per heavy atom. The zero-order valence-electron chi connectivity index (χ0n) is 15.8. The van der Waals surface area contributed by atoms with Crippen molar-refractivity contribution >= 4 is 32.9 Å². The fraction of sp³-hybridized carbons (Fsp3) is 0.450. The highest BCUT2D eigenvalue weighted by molar-refractivity contribution is 9.10. The summed E-state index contributed by atoms with van der Waals surface area (Å²) in [5.41, 5.74) is 3.94. The molecule has 0 saturated carbocycles. The molecular weight excluding hydrogens is 406 g/mol. The number of benzene rings is 1. The van der Waals surface area contributed by atoms with E-state index in [1.807, 2.05) is 23.1 Å². The van der Waals surface area contributed by atoms with Crippen LogP contribution in [0.2, 0.25) is 0 Å². The predicted octanol–water partition coefficient (Wildman–Crippen LogP) is 4.35. The zero-order valence-corrected chi connectivity index (χ0v) is 17.4. The molecule has 3 aromatic rings. The normalized spacial score (nSPS) is 17.3. The maximum atomic E-state index is 13.1. The smallest absolute Gasteiger partial charge is 0.223 e. The van der Waals surface area contributed by atoms with Crippen LogP contribution < -0.4 is 0 Å². The van der Waals surface area contributed by atoms with Crippen molar-refractivity contribution < 1.29 is 4.79 Å². The van der Waals surface area contributed by atoms with Gasteiger partial charge < -0.3 is 14.9 Å². The minimum absolute atomic E-state index is 0.129. The fourth-order valence-electron chi connectivity index (χ4n) is 3.58. The van der Waals surface area contributed by atoms with Crippen LogP contribution in [-0.4, -0.2) is 37.3 Å². The Kier molecular flexibility index (Phi) is 4.58. The van der Waals surface area contributed by atoms with E-state index in [0.29, 0.717) is 13.0 Å². The van der Waals surface area contributed by atoms with Crippen LogP contribution >= 0.6 is 15.9 Å². The first kappa shape index (κ1) is 18.2. The number of carbonyl (C=O) groups excluding carboxylic acids is 1. The van der Waals surface area contributed by atoms with Crippen LogP contribution in [0.5, 0.6) is 0 Å². The number of nitrogens with one attached hydrogen (secondary N) is 2. The lowest BCUT2D eigenvalue weighted by Gasteiger charge is -2.34. The third-order valence-corrected chi connectivity index (χ3v) is 5.55. The number of hydrogen-bond donors (Lipinski definition) is 2. The summed E-state index contributed by atoms with van der Waals surface area (Å²) in [6.07, 6.45) is 3.89. The highest BCUT2D eigenvalue weighted by Gasteiger charge is 2.36. The van der Waals surface area contributed by atoms with E-state index < -0.39 is 0 Å². The van der Waals surface area contributed by atoms with Crippen molar-refractivity contribution in [1.82, 2.24) is 24.8 Å². The molecule has 4 rings (SSSR count). The van der Waals surface area contributed by atoms with Gasteiger partial charge in [-0.2, -0.15) is 0 Å². The van der Waals surface area contributed by atoms with Gasteiger partial charge in [-0.05, 0) is 30.0 Å². The number of H-pyrrole nitrogens is 2. The van der Waals surface area contributed by atoms with Crippen molar-refractivity contribution in [3.05, 3.63) is 46.2 Å². The Hall–Kier alpha value is -2.15. The molecule has 0 aliphatic carbocycles. The number of hydrogen-bond acceptors (Lipinski definition) is 3. The Labute approximate surface area is 166 Å². The molecule has 0 bridgehead atoms. The number of aromatic nitrogens is 4. The molecule has 2 aromatic heterocycles. The molecule has 1 aromatic carbocycles. The van der Waals surface area contributed by atoms with Crippen LogP contribution in [0.1, 0.15) is 56.9 Å². The molecule has 27 heavy (non-hydrogen) atoms. The van der Waals surface area contributed by atoms with Crippen LogP contribution in [0, 0.1) is 5.41 Å². The van der Waals surface area contributed by atoms with Crippen molar-refractivity contribution in [3.8, 4) is 0 Å². The van der Waals surface area contributed by atoms with E-state index in [4.69, 9.17) is 4.98 Å². The molecule has 1 amide bonds. The number of fused-ring (bicyclic) bond motifs is 2. The van der Waals surface area contributed by atoms with Crippen LogP contribution in [0.25, 0.3) is 11.0 Å². The van der Waals surface area contributed by atoms with Crippen LogP contribution in [0.4, 0.5) is 0 Å². The molecule has 0 radical (unpaired) electrons. The first-order chi connectivity index (χ1) is 12.8. The summed E-state index contributed by atoms with van der Waals surface area (Å²) in [4.78, 5) is 30.9. The van der Waals surface area contributed by atoms with Gasteiger partial charge in [0.1, 0.15) is 11.9 Å². The SMILES string of the molecule is CC(C)(C)CCC(=O)N1CCc2[nH]cnc2[C@H]1c1nc2ccc(Br)cc2[nH]1. The molecule has 0 unspecified atom stereocenters. The second-order valence-corrected chi connectivity index (χ2v) is 9.27. The van der Waals surface area contributed by atoms with Gasteiger partial charge in [0.15, 0.2) is 0 Å². The molecular formula is C20H24BrN5O. The minimum atomic E-state index is -0.279. The maximum Gasteiger partial charge on any atom is 0.223 e. The summed E-state index contributed by atoms with van der Waals surface area (Å²) in [7, 11) is 0. The van der Waals surface area contributed by atoms with Gasteiger partial charge in [0.05, 0.1) is 23.1 Å². The van der Waals surface area contributed by atoms with Gasteiger partial charge in [0.25, 0.3) is 0 Å². The lowest BCUT2D eigenvalue weighted by molar-refractivity contribution is -0.134. The maximum absolute atomic E-state index is 13.1. The third-order valence-electron chi connectivity index (χ3n) is 5.06. The number of carbonyl (C=O) groups is 1. The number of halogens is 1. The van der Waals surface area contributed by atoms with Gasteiger partial charge in [0.2, 0.25) is 5.91 Å². The first-order valence-electron chi connectivity index (χ1n) is 9.28. The topological polar surface area (TPSA) is 77.7 Å². The van der Waals surface area contributed by atoms with E-state index in [-0.39, 0.29) is 17.4 Å². The third kappa shape index (κ3) is 3.65. The lowest BCUT2D eigenvalue weighted by atomic mass is 9.90. The summed E-state index contributed by atoms with van der Waals surface area (Å²) in [6.45, 7) is 7.16. The summed E-state index contributed by atoms with van der Waals surface area (Å²) < 4.78 is 0.993. The molecule has 1 aliphatic rings. The molecule has 7 heteroatoms. The summed E-state index contributed by atoms with van der Waals surface area (Å²) in [5, 5.41) is 0. The lowest BCUT2D eigenvalue weighted by Crippen LogP contribution is -2.41. The largest absolute Gasteiger partial charge is 0.348 e. The molecule has 0 saturated heterocycles. The molecule has 0 fully saturated rings. The van der Waals surface area contributed by atoms with Gasteiger partial charge in [-0.1, -0.05) is 36.7 Å². The summed E-state index contributed by atoms with van der Waals surface area (Å²) >= 11 is 3.50. The Balaban J connectivity index is 1.71.